The molecule has 3 nitrogen and oxygen atoms in total. The van der Waals surface area contributed by atoms with Crippen LogP contribution in [-0.2, 0) is 0 Å². The summed E-state index contributed by atoms with van der Waals surface area (Å²) >= 11 is 0. The molecule has 5 rings (SSSR count). The summed E-state index contributed by atoms with van der Waals surface area (Å²) in [6.45, 7) is 0. The summed E-state index contributed by atoms with van der Waals surface area (Å²) in [5, 5.41) is 13.1. The molecule has 4 aromatic carbocycles. The molecule has 0 unspecified atom stereocenters. The summed E-state index contributed by atoms with van der Waals surface area (Å²) < 4.78 is 5.57. The third-order valence-electron chi connectivity index (χ3n) is 5.24. The van der Waals surface area contributed by atoms with Gasteiger partial charge in [0.05, 0.1) is 12.8 Å². The molecule has 0 fully saturated rings. The highest BCUT2D eigenvalue weighted by Crippen LogP contribution is 2.42. The fraction of sp³-hybridized carbons (Fsp3) is 0.0400. The number of methoxy groups -OCH3 is 1. The number of hydrogen-bond acceptors (Lipinski definition) is 2. The van der Waals surface area contributed by atoms with Crippen LogP contribution in [0.25, 0.3) is 44.1 Å². The van der Waals surface area contributed by atoms with Crippen molar-refractivity contribution in [3.63, 3.8) is 0 Å². The molecule has 28 heavy (non-hydrogen) atoms. The number of para-hydroxylation sites is 1. The second kappa shape index (κ2) is 6.46. The van der Waals surface area contributed by atoms with E-state index in [1.807, 2.05) is 36.4 Å². The third-order valence-corrected chi connectivity index (χ3v) is 5.24. The van der Waals surface area contributed by atoms with Gasteiger partial charge in [-0.3, -0.25) is 0 Å². The zero-order chi connectivity index (χ0) is 19.1. The molecule has 136 valence electrons. The van der Waals surface area contributed by atoms with Crippen LogP contribution in [0.5, 0.6) is 11.5 Å². The van der Waals surface area contributed by atoms with Gasteiger partial charge < -0.3 is 14.8 Å². The Balaban J connectivity index is 1.87. The molecular formula is C25H19NO2. The van der Waals surface area contributed by atoms with Crippen molar-refractivity contribution in [1.29, 1.82) is 0 Å². The molecule has 0 aliphatic heterocycles. The predicted octanol–water partition coefficient (Wildman–Crippen LogP) is 6.37. The molecule has 0 amide bonds. The van der Waals surface area contributed by atoms with Crippen molar-refractivity contribution in [3.05, 3.63) is 84.9 Å². The number of ether oxygens (including phenoxy) is 1. The van der Waals surface area contributed by atoms with Crippen molar-refractivity contribution < 1.29 is 9.84 Å². The molecular weight excluding hydrogens is 346 g/mol. The first-order chi connectivity index (χ1) is 13.8. The van der Waals surface area contributed by atoms with Crippen LogP contribution in [0.1, 0.15) is 0 Å². The number of rotatable bonds is 3. The van der Waals surface area contributed by atoms with Gasteiger partial charge in [-0.1, -0.05) is 54.6 Å². The summed E-state index contributed by atoms with van der Waals surface area (Å²) in [5.41, 5.74) is 5.46. The summed E-state index contributed by atoms with van der Waals surface area (Å²) in [6, 6.07) is 28.1. The molecule has 0 radical (unpaired) electrons. The third kappa shape index (κ3) is 2.52. The first kappa shape index (κ1) is 16.5. The number of benzene rings is 4. The fourth-order valence-corrected chi connectivity index (χ4v) is 3.94. The Morgan fingerprint density at radius 3 is 2.14 bits per heavy atom. The molecule has 0 saturated carbocycles. The number of aromatic nitrogens is 1. The monoisotopic (exact) mass is 365 g/mol. The lowest BCUT2D eigenvalue weighted by Gasteiger charge is -2.12. The Labute approximate surface area is 162 Å². The molecule has 0 spiro atoms. The molecule has 0 bridgehead atoms. The summed E-state index contributed by atoms with van der Waals surface area (Å²) in [5.74, 6) is 1.13. The van der Waals surface area contributed by atoms with Crippen LogP contribution in [0.2, 0.25) is 0 Å². The Morgan fingerprint density at radius 1 is 0.714 bits per heavy atom. The number of nitrogens with one attached hydrogen (secondary N) is 1. The van der Waals surface area contributed by atoms with Crippen LogP contribution in [0.15, 0.2) is 84.9 Å². The highest BCUT2D eigenvalue weighted by molar-refractivity contribution is 6.09. The lowest BCUT2D eigenvalue weighted by molar-refractivity contribution is 0.420. The Bertz CT molecular complexity index is 1300. The minimum Gasteiger partial charge on any atom is -0.508 e. The fourth-order valence-electron chi connectivity index (χ4n) is 3.94. The van der Waals surface area contributed by atoms with Crippen molar-refractivity contribution in [2.24, 2.45) is 0 Å². The van der Waals surface area contributed by atoms with E-state index in [1.165, 1.54) is 0 Å². The van der Waals surface area contributed by atoms with Crippen LogP contribution in [0.4, 0.5) is 0 Å². The van der Waals surface area contributed by atoms with E-state index in [9.17, 15) is 5.11 Å². The normalized spacial score (nSPS) is 11.2. The van der Waals surface area contributed by atoms with Gasteiger partial charge in [-0.05, 0) is 41.3 Å². The summed E-state index contributed by atoms with van der Waals surface area (Å²) in [6.07, 6.45) is 0. The predicted molar refractivity (Wildman–Crippen MR) is 115 cm³/mol. The number of fused-ring (bicyclic) bond motifs is 2. The van der Waals surface area contributed by atoms with Gasteiger partial charge in [-0.15, -0.1) is 0 Å². The van der Waals surface area contributed by atoms with Gasteiger partial charge in [0.1, 0.15) is 11.5 Å². The van der Waals surface area contributed by atoms with Gasteiger partial charge in [-0.2, -0.15) is 0 Å². The highest BCUT2D eigenvalue weighted by Gasteiger charge is 2.17. The van der Waals surface area contributed by atoms with Crippen LogP contribution in [0.3, 0.4) is 0 Å². The molecule has 1 heterocycles. The zero-order valence-corrected chi connectivity index (χ0v) is 15.4. The van der Waals surface area contributed by atoms with Crippen molar-refractivity contribution in [3.8, 4) is 33.9 Å². The van der Waals surface area contributed by atoms with Crippen LogP contribution in [-0.4, -0.2) is 17.2 Å². The molecule has 0 aliphatic rings. The van der Waals surface area contributed by atoms with Gasteiger partial charge in [0.2, 0.25) is 0 Å². The second-order valence-corrected chi connectivity index (χ2v) is 6.83. The maximum Gasteiger partial charge on any atom is 0.126 e. The number of aromatic hydroxyl groups is 1. The van der Waals surface area contributed by atoms with Crippen molar-refractivity contribution in [2.75, 3.05) is 7.11 Å². The van der Waals surface area contributed by atoms with Gasteiger partial charge in [0.15, 0.2) is 0 Å². The van der Waals surface area contributed by atoms with E-state index in [2.05, 4.69) is 41.4 Å². The van der Waals surface area contributed by atoms with E-state index in [4.69, 9.17) is 4.74 Å². The molecule has 0 aliphatic carbocycles. The standard InChI is InChI=1S/C25H19NO2/c1-28-23-15-14-20(18-6-2-3-7-19(18)23)25-24(16-10-12-17(27)13-11-16)21-8-4-5-9-22(21)26-25/h2-15,26-27H,1H3. The number of phenols is 1. The first-order valence-corrected chi connectivity index (χ1v) is 9.22. The lowest BCUT2D eigenvalue weighted by atomic mass is 9.95. The Kier molecular flexibility index (Phi) is 3.80. The first-order valence-electron chi connectivity index (χ1n) is 9.22. The van der Waals surface area contributed by atoms with E-state index in [0.29, 0.717) is 0 Å². The van der Waals surface area contributed by atoms with E-state index >= 15 is 0 Å². The Hall–Kier alpha value is -3.72. The van der Waals surface area contributed by atoms with E-state index in [-0.39, 0.29) is 5.75 Å². The van der Waals surface area contributed by atoms with E-state index < -0.39 is 0 Å². The van der Waals surface area contributed by atoms with Crippen LogP contribution in [0, 0.1) is 0 Å². The molecule has 3 heteroatoms. The second-order valence-electron chi connectivity index (χ2n) is 6.83. The number of hydrogen-bond donors (Lipinski definition) is 2. The molecule has 5 aromatic rings. The number of H-pyrrole nitrogens is 1. The smallest absolute Gasteiger partial charge is 0.126 e. The van der Waals surface area contributed by atoms with Crippen molar-refractivity contribution in [1.82, 2.24) is 4.98 Å². The maximum absolute atomic E-state index is 9.73. The Morgan fingerprint density at radius 2 is 1.39 bits per heavy atom. The number of phenolic OH excluding ortho intramolecular Hbond substituents is 1. The minimum absolute atomic E-state index is 0.264. The topological polar surface area (TPSA) is 45.2 Å². The largest absolute Gasteiger partial charge is 0.508 e. The van der Waals surface area contributed by atoms with Crippen LogP contribution < -0.4 is 4.74 Å². The van der Waals surface area contributed by atoms with E-state index in [1.54, 1.807) is 19.2 Å². The summed E-state index contributed by atoms with van der Waals surface area (Å²) in [7, 11) is 1.70. The molecule has 0 atom stereocenters. The lowest BCUT2D eigenvalue weighted by Crippen LogP contribution is -1.89. The quantitative estimate of drug-likeness (QED) is 0.390. The van der Waals surface area contributed by atoms with Gasteiger partial charge in [0.25, 0.3) is 0 Å². The maximum atomic E-state index is 9.73. The van der Waals surface area contributed by atoms with E-state index in [0.717, 1.165) is 49.8 Å². The number of aromatic amines is 1. The molecule has 1 aromatic heterocycles. The molecule has 2 N–H and O–H groups in total. The molecule has 0 saturated heterocycles. The van der Waals surface area contributed by atoms with Gasteiger partial charge in [0, 0.05) is 27.4 Å². The minimum atomic E-state index is 0.264. The average Bonchev–Trinajstić information content (AvgIpc) is 3.13. The van der Waals surface area contributed by atoms with Gasteiger partial charge in [-0.25, -0.2) is 0 Å². The SMILES string of the molecule is COc1ccc(-c2[nH]c3ccccc3c2-c2ccc(O)cc2)c2ccccc12. The van der Waals surface area contributed by atoms with Crippen molar-refractivity contribution in [2.45, 2.75) is 0 Å². The van der Waals surface area contributed by atoms with Gasteiger partial charge >= 0.3 is 0 Å². The highest BCUT2D eigenvalue weighted by atomic mass is 16.5. The summed E-state index contributed by atoms with van der Waals surface area (Å²) in [4.78, 5) is 3.62. The average molecular weight is 365 g/mol. The van der Waals surface area contributed by atoms with Crippen molar-refractivity contribution >= 4 is 21.7 Å². The zero-order valence-electron chi connectivity index (χ0n) is 15.4. The van der Waals surface area contributed by atoms with Crippen LogP contribution >= 0.6 is 0 Å².